The fraction of sp³-hybridized carbons (Fsp3) is 0.927. The van der Waals surface area contributed by atoms with Gasteiger partial charge in [-0.05, 0) is 86.7 Å². The van der Waals surface area contributed by atoms with Crippen LogP contribution in [0.15, 0.2) is 0 Å². The number of methoxy groups -OCH3 is 1. The molecule has 314 valence electrons. The second kappa shape index (κ2) is 18.9. The smallest absolute Gasteiger partial charge is 0.309 e. The first-order valence-corrected chi connectivity index (χ1v) is 20.0. The van der Waals surface area contributed by atoms with Crippen LogP contribution < -0.4 is 0 Å². The number of aliphatic hydroxyl groups excluding tert-OH is 3. The van der Waals surface area contributed by atoms with Crippen molar-refractivity contribution in [2.75, 3.05) is 34.3 Å². The van der Waals surface area contributed by atoms with Crippen LogP contribution in [0.2, 0.25) is 0 Å². The highest BCUT2D eigenvalue weighted by atomic mass is 16.7. The largest absolute Gasteiger partial charge is 0.459 e. The summed E-state index contributed by atoms with van der Waals surface area (Å²) in [5.41, 5.74) is -4.35. The summed E-state index contributed by atoms with van der Waals surface area (Å²) in [4.78, 5) is 18.3. The molecule has 0 spiro atoms. The molecule has 3 aliphatic heterocycles. The Morgan fingerprint density at radius 3 is 2.22 bits per heavy atom. The van der Waals surface area contributed by atoms with Crippen LogP contribution in [-0.4, -0.2) is 160 Å². The van der Waals surface area contributed by atoms with E-state index in [1.54, 1.807) is 27.7 Å². The number of aliphatic hydroxyl groups is 5. The number of nitrogens with zero attached hydrogens (tertiary/aromatic N) is 2. The fourth-order valence-corrected chi connectivity index (χ4v) is 9.62. The highest BCUT2D eigenvalue weighted by molar-refractivity contribution is 5.73. The standard InChI is InChI=1S/C41H74N2O11/c1-15-17-18-42(12)29-19-24(4)51-38(33(29)44)54-36-25(5)32(30-21-40(10,50-14)35(46)28(8)52-30)26(6)37(47)53-31(16-2)41(11,49)34(45)27(7)43(13)22-23(3)20-39(36,9)48/h1,23-36,38,44-46,48-49H,16-22H2,2-14H3/t23-,24-,25+,26-,27-,28+,29+,30?,31-,32+,33-,34-,35+,36-,38+,39-,40-,41-/m1/s1. The first-order valence-electron chi connectivity index (χ1n) is 20.0. The second-order valence-corrected chi connectivity index (χ2v) is 17.7. The average Bonchev–Trinajstić information content (AvgIpc) is 3.09. The van der Waals surface area contributed by atoms with Crippen molar-refractivity contribution in [1.82, 2.24) is 9.80 Å². The molecule has 0 radical (unpaired) electrons. The summed E-state index contributed by atoms with van der Waals surface area (Å²) in [7, 11) is 5.29. The Hall–Kier alpha value is -1.41. The summed E-state index contributed by atoms with van der Waals surface area (Å²) in [5, 5.41) is 59.0. The van der Waals surface area contributed by atoms with E-state index in [4.69, 9.17) is 30.1 Å². The molecule has 13 heteroatoms. The summed E-state index contributed by atoms with van der Waals surface area (Å²) < 4.78 is 31.7. The molecule has 13 nitrogen and oxygen atoms in total. The summed E-state index contributed by atoms with van der Waals surface area (Å²) >= 11 is 0. The zero-order valence-corrected chi connectivity index (χ0v) is 35.3. The number of terminal acetylenes is 1. The lowest BCUT2D eigenvalue weighted by atomic mass is 9.68. The van der Waals surface area contributed by atoms with Gasteiger partial charge in [0.1, 0.15) is 30.0 Å². The Morgan fingerprint density at radius 1 is 1.02 bits per heavy atom. The lowest BCUT2D eigenvalue weighted by Crippen LogP contribution is -2.62. The van der Waals surface area contributed by atoms with Crippen molar-refractivity contribution in [1.29, 1.82) is 0 Å². The molecule has 0 aliphatic carbocycles. The molecule has 1 unspecified atom stereocenters. The first kappa shape index (κ1) is 47.0. The SMILES string of the molecule is C#CCCN(C)[C@H]1C[C@@H](C)O[C@@H](O[C@@H]2[C@@H](C)[C@H](C3C[C@@](C)(OC)[C@@H](O)[C@H](C)O3)[C@@H](C)C(=O)O[C@H](CC)[C@@](C)(O)[C@H](O)[C@@H](C)N(C)C[C@H](C)C[C@@]2(C)O)[C@@H]1O. The molecule has 5 N–H and O–H groups in total. The summed E-state index contributed by atoms with van der Waals surface area (Å²) in [6.07, 6.45) is -0.805. The third kappa shape index (κ3) is 10.4. The number of ether oxygens (including phenoxy) is 5. The number of hydrogen-bond donors (Lipinski definition) is 5. The molecular formula is C41H74N2O11. The maximum Gasteiger partial charge on any atom is 0.309 e. The van der Waals surface area contributed by atoms with Gasteiger partial charge in [0.2, 0.25) is 0 Å². The third-order valence-corrected chi connectivity index (χ3v) is 13.1. The predicted octanol–water partition coefficient (Wildman–Crippen LogP) is 2.57. The summed E-state index contributed by atoms with van der Waals surface area (Å²) in [6, 6.07) is -0.864. The van der Waals surface area contributed by atoms with E-state index in [2.05, 4.69) is 5.92 Å². The number of esters is 1. The highest BCUT2D eigenvalue weighted by Gasteiger charge is 2.55. The molecule has 0 amide bonds. The summed E-state index contributed by atoms with van der Waals surface area (Å²) in [5.74, 6) is -0.316. The Bertz CT molecular complexity index is 1250. The number of cyclic esters (lactones) is 1. The van der Waals surface area contributed by atoms with Gasteiger partial charge in [0.25, 0.3) is 0 Å². The number of likely N-dealkylation sites (N-methyl/N-ethyl adjacent to an activating group) is 2. The van der Waals surface area contributed by atoms with Crippen LogP contribution in [0.1, 0.15) is 101 Å². The molecular weight excluding hydrogens is 696 g/mol. The molecule has 3 saturated heterocycles. The van der Waals surface area contributed by atoms with Crippen LogP contribution in [0.5, 0.6) is 0 Å². The number of carbonyl (C=O) groups excluding carboxylic acids is 1. The molecule has 0 aromatic rings. The minimum Gasteiger partial charge on any atom is -0.459 e. The van der Waals surface area contributed by atoms with Gasteiger partial charge < -0.3 is 54.1 Å². The van der Waals surface area contributed by atoms with Gasteiger partial charge in [0.15, 0.2) is 6.29 Å². The molecule has 0 saturated carbocycles. The number of hydrogen-bond acceptors (Lipinski definition) is 13. The number of rotatable bonds is 8. The van der Waals surface area contributed by atoms with Crippen LogP contribution >= 0.6 is 0 Å². The second-order valence-electron chi connectivity index (χ2n) is 17.7. The number of carbonyl (C=O) groups is 1. The first-order chi connectivity index (χ1) is 25.0. The van der Waals surface area contributed by atoms with E-state index in [1.807, 2.05) is 58.5 Å². The van der Waals surface area contributed by atoms with Gasteiger partial charge in [-0.1, -0.05) is 27.7 Å². The van der Waals surface area contributed by atoms with Crippen molar-refractivity contribution in [2.24, 2.45) is 23.7 Å². The average molecular weight is 771 g/mol. The molecule has 18 atom stereocenters. The molecule has 3 aliphatic rings. The van der Waals surface area contributed by atoms with Crippen molar-refractivity contribution >= 4 is 5.97 Å². The van der Waals surface area contributed by atoms with Crippen molar-refractivity contribution in [3.63, 3.8) is 0 Å². The minimum absolute atomic E-state index is 0.139. The lowest BCUT2D eigenvalue weighted by Gasteiger charge is -2.51. The van der Waals surface area contributed by atoms with E-state index in [0.717, 1.165) is 0 Å². The van der Waals surface area contributed by atoms with Gasteiger partial charge in [-0.2, -0.15) is 0 Å². The van der Waals surface area contributed by atoms with Gasteiger partial charge in [-0.25, -0.2) is 0 Å². The molecule has 0 bridgehead atoms. The van der Waals surface area contributed by atoms with Crippen LogP contribution in [0.3, 0.4) is 0 Å². The third-order valence-electron chi connectivity index (χ3n) is 13.1. The van der Waals surface area contributed by atoms with Crippen molar-refractivity contribution < 1.29 is 54.0 Å². The van der Waals surface area contributed by atoms with Crippen LogP contribution in [0.4, 0.5) is 0 Å². The Balaban J connectivity index is 2.22. The maximum atomic E-state index is 14.4. The zero-order valence-electron chi connectivity index (χ0n) is 35.3. The van der Waals surface area contributed by atoms with Gasteiger partial charge in [0.05, 0.1) is 41.5 Å². The topological polar surface area (TPSA) is 171 Å². The van der Waals surface area contributed by atoms with Crippen molar-refractivity contribution in [3.05, 3.63) is 0 Å². The Morgan fingerprint density at radius 2 is 1.65 bits per heavy atom. The molecule has 54 heavy (non-hydrogen) atoms. The molecule has 3 rings (SSSR count). The summed E-state index contributed by atoms with van der Waals surface area (Å²) in [6.45, 7) is 19.0. The minimum atomic E-state index is -1.79. The highest BCUT2D eigenvalue weighted by Crippen LogP contribution is 2.45. The van der Waals surface area contributed by atoms with Crippen molar-refractivity contribution in [2.45, 2.75) is 185 Å². The predicted molar refractivity (Wildman–Crippen MR) is 205 cm³/mol. The monoisotopic (exact) mass is 771 g/mol. The van der Waals surface area contributed by atoms with Gasteiger partial charge in [-0.3, -0.25) is 9.69 Å². The fourth-order valence-electron chi connectivity index (χ4n) is 9.62. The zero-order chi connectivity index (χ0) is 41.1. The van der Waals surface area contributed by atoms with Gasteiger partial charge >= 0.3 is 5.97 Å². The lowest BCUT2D eigenvalue weighted by molar-refractivity contribution is -0.302. The van der Waals surface area contributed by atoms with E-state index in [1.165, 1.54) is 14.0 Å². The van der Waals surface area contributed by atoms with Gasteiger partial charge in [0, 0.05) is 51.0 Å². The normalized spacial score (nSPS) is 48.0. The Kier molecular flexibility index (Phi) is 16.4. The van der Waals surface area contributed by atoms with Crippen LogP contribution in [-0.2, 0) is 28.5 Å². The molecule has 0 aromatic heterocycles. The van der Waals surface area contributed by atoms with E-state index in [9.17, 15) is 30.3 Å². The molecule has 0 aromatic carbocycles. The molecule has 3 fully saturated rings. The van der Waals surface area contributed by atoms with E-state index >= 15 is 0 Å². The Labute approximate surface area is 325 Å². The van der Waals surface area contributed by atoms with E-state index in [0.29, 0.717) is 25.9 Å². The van der Waals surface area contributed by atoms with E-state index < -0.39 is 95.6 Å². The van der Waals surface area contributed by atoms with Gasteiger partial charge in [-0.15, -0.1) is 12.3 Å². The van der Waals surface area contributed by atoms with Crippen molar-refractivity contribution in [3.8, 4) is 12.3 Å². The quantitative estimate of drug-likeness (QED) is 0.181. The maximum absolute atomic E-state index is 14.4. The van der Waals surface area contributed by atoms with E-state index in [-0.39, 0.29) is 37.3 Å². The van der Waals surface area contributed by atoms with Crippen LogP contribution in [0.25, 0.3) is 0 Å². The van der Waals surface area contributed by atoms with Crippen LogP contribution in [0, 0.1) is 36.0 Å². The molecule has 3 heterocycles.